The van der Waals surface area contributed by atoms with Crippen molar-refractivity contribution >= 4 is 12.0 Å². The molecule has 1 spiro atoms. The number of amides is 2. The maximum Gasteiger partial charge on any atom is 0.410 e. The van der Waals surface area contributed by atoms with Gasteiger partial charge in [-0.3, -0.25) is 9.78 Å². The van der Waals surface area contributed by atoms with Gasteiger partial charge < -0.3 is 19.7 Å². The number of rotatable bonds is 1. The third kappa shape index (κ3) is 4.04. The summed E-state index contributed by atoms with van der Waals surface area (Å²) >= 11 is 0. The fraction of sp³-hybridized carbons (Fsp3) is 0.409. The third-order valence-corrected chi connectivity index (χ3v) is 5.09. The van der Waals surface area contributed by atoms with E-state index in [2.05, 4.69) is 10.3 Å². The standard InChI is InChI=1S/C22H25N3O4/c1-21(2,3)29-20(27)25-11-8-22(9-12-25)24-19(26)17-13-15(6-7-18(17)28-22)16-5-4-10-23-14-16/h4-7,10,13-14H,8-9,11-12H2,1-3H3,(H,24,26). The Balaban J connectivity index is 1.48. The molecule has 0 aliphatic carbocycles. The zero-order valence-electron chi connectivity index (χ0n) is 16.9. The van der Waals surface area contributed by atoms with Crippen LogP contribution >= 0.6 is 0 Å². The predicted molar refractivity (Wildman–Crippen MR) is 108 cm³/mol. The van der Waals surface area contributed by atoms with Gasteiger partial charge in [-0.1, -0.05) is 12.1 Å². The van der Waals surface area contributed by atoms with Crippen LogP contribution in [0.1, 0.15) is 44.0 Å². The van der Waals surface area contributed by atoms with Crippen molar-refractivity contribution in [1.82, 2.24) is 15.2 Å². The Kier molecular flexibility index (Phi) is 4.68. The van der Waals surface area contributed by atoms with Crippen molar-refractivity contribution in [2.24, 2.45) is 0 Å². The van der Waals surface area contributed by atoms with Crippen LogP contribution in [-0.2, 0) is 4.74 Å². The van der Waals surface area contributed by atoms with Gasteiger partial charge in [0.2, 0.25) is 0 Å². The first-order chi connectivity index (χ1) is 13.7. The molecule has 1 N–H and O–H groups in total. The number of aromatic nitrogens is 1. The number of ether oxygens (including phenoxy) is 2. The second-order valence-electron chi connectivity index (χ2n) is 8.47. The fourth-order valence-electron chi connectivity index (χ4n) is 3.62. The van der Waals surface area contributed by atoms with Crippen molar-refractivity contribution in [2.75, 3.05) is 13.1 Å². The van der Waals surface area contributed by atoms with Crippen LogP contribution < -0.4 is 10.1 Å². The van der Waals surface area contributed by atoms with Gasteiger partial charge in [-0.05, 0) is 44.5 Å². The topological polar surface area (TPSA) is 80.8 Å². The van der Waals surface area contributed by atoms with E-state index >= 15 is 0 Å². The molecule has 4 rings (SSSR count). The highest BCUT2D eigenvalue weighted by molar-refractivity contribution is 5.99. The molecule has 2 amide bonds. The number of piperidine rings is 1. The summed E-state index contributed by atoms with van der Waals surface area (Å²) in [7, 11) is 0. The molecule has 2 aliphatic rings. The van der Waals surface area contributed by atoms with E-state index in [1.165, 1.54) is 0 Å². The predicted octanol–water partition coefficient (Wildman–Crippen LogP) is 3.60. The van der Waals surface area contributed by atoms with Crippen LogP contribution in [0.25, 0.3) is 11.1 Å². The second-order valence-corrected chi connectivity index (χ2v) is 8.47. The molecule has 152 valence electrons. The van der Waals surface area contributed by atoms with E-state index in [4.69, 9.17) is 9.47 Å². The molecule has 7 heteroatoms. The lowest BCUT2D eigenvalue weighted by atomic mass is 9.96. The number of carbonyl (C=O) groups is 2. The monoisotopic (exact) mass is 395 g/mol. The molecule has 0 radical (unpaired) electrons. The number of nitrogens with zero attached hydrogens (tertiary/aromatic N) is 2. The van der Waals surface area contributed by atoms with E-state index in [0.29, 0.717) is 37.2 Å². The Bertz CT molecular complexity index is 929. The molecule has 2 aromatic rings. The summed E-state index contributed by atoms with van der Waals surface area (Å²) in [6.07, 6.45) is 4.14. The SMILES string of the molecule is CC(C)(C)OC(=O)N1CCC2(CC1)NC(=O)c1cc(-c3cccnc3)ccc1O2. The maximum absolute atomic E-state index is 12.8. The molecule has 1 aromatic carbocycles. The van der Waals surface area contributed by atoms with Gasteiger partial charge in [0.25, 0.3) is 5.91 Å². The molecule has 1 aromatic heterocycles. The minimum Gasteiger partial charge on any atom is -0.467 e. The van der Waals surface area contributed by atoms with Gasteiger partial charge in [-0.2, -0.15) is 0 Å². The number of pyridine rings is 1. The molecular weight excluding hydrogens is 370 g/mol. The molecule has 1 saturated heterocycles. The summed E-state index contributed by atoms with van der Waals surface area (Å²) < 4.78 is 11.7. The normalized spacial score (nSPS) is 17.9. The summed E-state index contributed by atoms with van der Waals surface area (Å²) in [5.41, 5.74) is 1.03. The van der Waals surface area contributed by atoms with Gasteiger partial charge >= 0.3 is 6.09 Å². The van der Waals surface area contributed by atoms with Crippen LogP contribution in [0.3, 0.4) is 0 Å². The molecule has 7 nitrogen and oxygen atoms in total. The first-order valence-electron chi connectivity index (χ1n) is 9.79. The molecule has 0 bridgehead atoms. The van der Waals surface area contributed by atoms with Crippen molar-refractivity contribution in [1.29, 1.82) is 0 Å². The average Bonchev–Trinajstić information content (AvgIpc) is 2.67. The summed E-state index contributed by atoms with van der Waals surface area (Å²) in [5, 5.41) is 3.02. The van der Waals surface area contributed by atoms with E-state index < -0.39 is 11.3 Å². The first-order valence-corrected chi connectivity index (χ1v) is 9.79. The van der Waals surface area contributed by atoms with Crippen molar-refractivity contribution in [3.05, 3.63) is 48.3 Å². The van der Waals surface area contributed by atoms with Crippen LogP contribution in [0.15, 0.2) is 42.7 Å². The second kappa shape index (κ2) is 7.06. The van der Waals surface area contributed by atoms with E-state index in [0.717, 1.165) is 11.1 Å². The molecule has 0 saturated carbocycles. The number of likely N-dealkylation sites (tertiary alicyclic amines) is 1. The largest absolute Gasteiger partial charge is 0.467 e. The molecule has 0 atom stereocenters. The molecule has 0 unspecified atom stereocenters. The van der Waals surface area contributed by atoms with Gasteiger partial charge in [0.15, 0.2) is 5.72 Å². The van der Waals surface area contributed by atoms with Crippen LogP contribution in [0.5, 0.6) is 5.75 Å². The average molecular weight is 395 g/mol. The first kappa shape index (κ1) is 19.2. The highest BCUT2D eigenvalue weighted by atomic mass is 16.6. The molecular formula is C22H25N3O4. The summed E-state index contributed by atoms with van der Waals surface area (Å²) in [6.45, 7) is 6.45. The minimum atomic E-state index is -0.793. The van der Waals surface area contributed by atoms with Crippen LogP contribution in [0.2, 0.25) is 0 Å². The summed E-state index contributed by atoms with van der Waals surface area (Å²) in [4.78, 5) is 30.9. The number of hydrogen-bond donors (Lipinski definition) is 1. The van der Waals surface area contributed by atoms with Gasteiger partial charge in [0.05, 0.1) is 5.56 Å². The Labute approximate surface area is 170 Å². The van der Waals surface area contributed by atoms with Crippen molar-refractivity contribution in [2.45, 2.75) is 44.9 Å². The molecule has 1 fully saturated rings. The number of fused-ring (bicyclic) bond motifs is 1. The zero-order chi connectivity index (χ0) is 20.6. The van der Waals surface area contributed by atoms with E-state index in [1.807, 2.05) is 51.1 Å². The number of hydrogen-bond acceptors (Lipinski definition) is 5. The molecule has 3 heterocycles. The number of nitrogens with one attached hydrogen (secondary N) is 1. The molecule has 2 aliphatic heterocycles. The molecule has 29 heavy (non-hydrogen) atoms. The zero-order valence-corrected chi connectivity index (χ0v) is 16.9. The lowest BCUT2D eigenvalue weighted by Crippen LogP contribution is -2.61. The maximum atomic E-state index is 12.8. The van der Waals surface area contributed by atoms with E-state index in [-0.39, 0.29) is 12.0 Å². The Hall–Kier alpha value is -3.09. The minimum absolute atomic E-state index is 0.164. The lowest BCUT2D eigenvalue weighted by Gasteiger charge is -2.44. The smallest absolute Gasteiger partial charge is 0.410 e. The number of carbonyl (C=O) groups excluding carboxylic acids is 2. The van der Waals surface area contributed by atoms with Crippen LogP contribution in [0.4, 0.5) is 4.79 Å². The van der Waals surface area contributed by atoms with Crippen molar-refractivity contribution in [3.8, 4) is 16.9 Å². The Morgan fingerprint density at radius 3 is 2.62 bits per heavy atom. The van der Waals surface area contributed by atoms with Crippen LogP contribution in [0, 0.1) is 0 Å². The van der Waals surface area contributed by atoms with Gasteiger partial charge in [-0.15, -0.1) is 0 Å². The highest BCUT2D eigenvalue weighted by Crippen LogP contribution is 2.36. The summed E-state index contributed by atoms with van der Waals surface area (Å²) in [6, 6.07) is 9.39. The van der Waals surface area contributed by atoms with Gasteiger partial charge in [0.1, 0.15) is 11.4 Å². The van der Waals surface area contributed by atoms with E-state index in [9.17, 15) is 9.59 Å². The lowest BCUT2D eigenvalue weighted by molar-refractivity contribution is -0.0366. The van der Waals surface area contributed by atoms with Gasteiger partial charge in [0, 0.05) is 43.9 Å². The van der Waals surface area contributed by atoms with Crippen molar-refractivity contribution < 1.29 is 19.1 Å². The van der Waals surface area contributed by atoms with Crippen LogP contribution in [-0.4, -0.2) is 46.3 Å². The number of benzene rings is 1. The van der Waals surface area contributed by atoms with Crippen molar-refractivity contribution in [3.63, 3.8) is 0 Å². The summed E-state index contributed by atoms with van der Waals surface area (Å²) in [5.74, 6) is 0.398. The Morgan fingerprint density at radius 1 is 1.21 bits per heavy atom. The quantitative estimate of drug-likeness (QED) is 0.798. The van der Waals surface area contributed by atoms with E-state index in [1.54, 1.807) is 17.3 Å². The third-order valence-electron chi connectivity index (χ3n) is 5.09. The Morgan fingerprint density at radius 2 is 1.97 bits per heavy atom. The highest BCUT2D eigenvalue weighted by Gasteiger charge is 2.43. The fourth-order valence-corrected chi connectivity index (χ4v) is 3.62. The van der Waals surface area contributed by atoms with Gasteiger partial charge in [-0.25, -0.2) is 4.79 Å².